The Labute approximate surface area is 79.4 Å². The average molecular weight is 174 g/mol. The molecule has 0 aliphatic heterocycles. The second kappa shape index (κ2) is 5.20. The Bertz CT molecular complexity index is 282. The van der Waals surface area contributed by atoms with Gasteiger partial charge in [-0.2, -0.15) is 0 Å². The first-order chi connectivity index (χ1) is 6.36. The molecule has 1 rings (SSSR count). The van der Waals surface area contributed by atoms with Gasteiger partial charge >= 0.3 is 0 Å². The number of hydrogen-bond donors (Lipinski definition) is 0. The Morgan fingerprint density at radius 1 is 1.31 bits per heavy atom. The van der Waals surface area contributed by atoms with Gasteiger partial charge in [0.25, 0.3) is 0 Å². The number of allylic oxidation sites excluding steroid dienone is 2. The van der Waals surface area contributed by atoms with Crippen LogP contribution in [0.25, 0.3) is 0 Å². The van der Waals surface area contributed by atoms with Crippen molar-refractivity contribution >= 4 is 0 Å². The van der Waals surface area contributed by atoms with Gasteiger partial charge in [-0.1, -0.05) is 24.3 Å². The van der Waals surface area contributed by atoms with Crippen molar-refractivity contribution in [1.29, 1.82) is 0 Å². The summed E-state index contributed by atoms with van der Waals surface area (Å²) in [6.07, 6.45) is 6.33. The topological polar surface area (TPSA) is 9.23 Å². The van der Waals surface area contributed by atoms with Crippen molar-refractivity contribution in [2.75, 3.05) is 0 Å². The highest BCUT2D eigenvalue weighted by molar-refractivity contribution is 5.28. The summed E-state index contributed by atoms with van der Waals surface area (Å²) < 4.78 is 5.28. The zero-order valence-electron chi connectivity index (χ0n) is 7.86. The van der Waals surface area contributed by atoms with E-state index in [9.17, 15) is 0 Å². The molecule has 13 heavy (non-hydrogen) atoms. The first kappa shape index (κ1) is 9.59. The van der Waals surface area contributed by atoms with Crippen LogP contribution in [0.4, 0.5) is 0 Å². The van der Waals surface area contributed by atoms with E-state index in [-0.39, 0.29) is 0 Å². The van der Waals surface area contributed by atoms with E-state index < -0.39 is 0 Å². The molecule has 1 nitrogen and oxygen atoms in total. The molecular formula is C12H14O. The van der Waals surface area contributed by atoms with Gasteiger partial charge in [-0.15, -0.1) is 6.58 Å². The summed E-state index contributed by atoms with van der Waals surface area (Å²) in [7, 11) is 0. The molecule has 0 radical (unpaired) electrons. The maximum Gasteiger partial charge on any atom is 0.126 e. The summed E-state index contributed by atoms with van der Waals surface area (Å²) in [6, 6.07) is 8.00. The lowest BCUT2D eigenvalue weighted by Crippen LogP contribution is -1.83. The van der Waals surface area contributed by atoms with Crippen LogP contribution in [0.2, 0.25) is 0 Å². The Morgan fingerprint density at radius 2 is 2.00 bits per heavy atom. The highest BCUT2D eigenvalue weighted by Crippen LogP contribution is 2.12. The molecule has 0 aliphatic carbocycles. The van der Waals surface area contributed by atoms with Gasteiger partial charge in [0.1, 0.15) is 5.75 Å². The van der Waals surface area contributed by atoms with E-state index in [4.69, 9.17) is 4.74 Å². The molecule has 0 saturated carbocycles. The molecule has 0 heterocycles. The first-order valence-electron chi connectivity index (χ1n) is 4.34. The Kier molecular flexibility index (Phi) is 3.83. The summed E-state index contributed by atoms with van der Waals surface area (Å²) >= 11 is 0. The van der Waals surface area contributed by atoms with Crippen LogP contribution < -0.4 is 4.74 Å². The molecule has 0 spiro atoms. The van der Waals surface area contributed by atoms with Crippen LogP contribution in [-0.2, 0) is 6.42 Å². The highest BCUT2D eigenvalue weighted by atomic mass is 16.5. The predicted molar refractivity (Wildman–Crippen MR) is 55.8 cm³/mol. The largest absolute Gasteiger partial charge is 0.465 e. The molecule has 0 saturated heterocycles. The zero-order valence-corrected chi connectivity index (χ0v) is 7.86. The molecule has 0 atom stereocenters. The van der Waals surface area contributed by atoms with Crippen molar-refractivity contribution in [1.82, 2.24) is 0 Å². The van der Waals surface area contributed by atoms with Gasteiger partial charge in [0, 0.05) is 0 Å². The van der Waals surface area contributed by atoms with Gasteiger partial charge in [-0.05, 0) is 31.0 Å². The fraction of sp³-hybridized carbons (Fsp3) is 0.167. The Balaban J connectivity index is 2.63. The van der Waals surface area contributed by atoms with Crippen molar-refractivity contribution in [2.24, 2.45) is 0 Å². The third-order valence-corrected chi connectivity index (χ3v) is 1.64. The van der Waals surface area contributed by atoms with E-state index in [0.717, 1.165) is 12.2 Å². The van der Waals surface area contributed by atoms with Crippen LogP contribution >= 0.6 is 0 Å². The summed E-state index contributed by atoms with van der Waals surface area (Å²) in [5, 5.41) is 0. The molecule has 1 aromatic carbocycles. The van der Waals surface area contributed by atoms with E-state index in [2.05, 4.69) is 6.58 Å². The molecule has 0 fully saturated rings. The highest BCUT2D eigenvalue weighted by Gasteiger charge is 1.91. The Hall–Kier alpha value is -1.50. The quantitative estimate of drug-likeness (QED) is 0.502. The second-order valence-electron chi connectivity index (χ2n) is 2.72. The monoisotopic (exact) mass is 174 g/mol. The molecule has 0 bridgehead atoms. The van der Waals surface area contributed by atoms with Crippen LogP contribution in [0.5, 0.6) is 5.75 Å². The summed E-state index contributed by atoms with van der Waals surface area (Å²) in [6.45, 7) is 5.61. The van der Waals surface area contributed by atoms with Gasteiger partial charge in [0.05, 0.1) is 6.26 Å². The molecule has 0 aromatic heterocycles. The van der Waals surface area contributed by atoms with Crippen molar-refractivity contribution in [2.45, 2.75) is 13.3 Å². The summed E-state index contributed by atoms with van der Waals surface area (Å²) in [4.78, 5) is 0. The van der Waals surface area contributed by atoms with Crippen LogP contribution in [0.3, 0.4) is 0 Å². The van der Waals surface area contributed by atoms with Crippen molar-refractivity contribution in [3.63, 3.8) is 0 Å². The average Bonchev–Trinajstić information content (AvgIpc) is 2.17. The summed E-state index contributed by atoms with van der Waals surface area (Å²) in [5.41, 5.74) is 1.25. The molecule has 68 valence electrons. The molecule has 1 aromatic rings. The zero-order chi connectivity index (χ0) is 9.52. The number of ether oxygens (including phenoxy) is 1. The van der Waals surface area contributed by atoms with E-state index in [0.29, 0.717) is 0 Å². The predicted octanol–water partition coefficient (Wildman–Crippen LogP) is 3.33. The molecular weight excluding hydrogens is 160 g/mol. The minimum absolute atomic E-state index is 0.867. The van der Waals surface area contributed by atoms with Gasteiger partial charge in [0.15, 0.2) is 0 Å². The third-order valence-electron chi connectivity index (χ3n) is 1.64. The van der Waals surface area contributed by atoms with Crippen LogP contribution in [-0.4, -0.2) is 0 Å². The minimum Gasteiger partial charge on any atom is -0.465 e. The van der Waals surface area contributed by atoms with Crippen molar-refractivity contribution in [3.8, 4) is 5.75 Å². The lowest BCUT2D eigenvalue weighted by Gasteiger charge is -2.00. The van der Waals surface area contributed by atoms with Gasteiger partial charge < -0.3 is 4.74 Å². The molecule has 0 N–H and O–H groups in total. The first-order valence-corrected chi connectivity index (χ1v) is 4.34. The van der Waals surface area contributed by atoms with Crippen LogP contribution in [0, 0.1) is 0 Å². The smallest absolute Gasteiger partial charge is 0.126 e. The van der Waals surface area contributed by atoms with E-state index >= 15 is 0 Å². The second-order valence-corrected chi connectivity index (χ2v) is 2.72. The number of benzene rings is 1. The van der Waals surface area contributed by atoms with Gasteiger partial charge in [-0.3, -0.25) is 0 Å². The standard InChI is InChI=1S/C12H14O/c1-3-5-11-6-8-12(9-7-11)13-10-4-2/h3-4,6-10H,1,5H2,2H3. The van der Waals surface area contributed by atoms with Crippen LogP contribution in [0.15, 0.2) is 49.3 Å². The Morgan fingerprint density at radius 3 is 2.54 bits per heavy atom. The van der Waals surface area contributed by atoms with E-state index in [1.165, 1.54) is 5.56 Å². The molecule has 1 heteroatoms. The molecule has 0 aliphatic rings. The van der Waals surface area contributed by atoms with E-state index in [1.54, 1.807) is 6.26 Å². The van der Waals surface area contributed by atoms with Crippen molar-refractivity contribution < 1.29 is 4.74 Å². The number of hydrogen-bond acceptors (Lipinski definition) is 1. The molecule has 0 unspecified atom stereocenters. The maximum absolute atomic E-state index is 5.28. The van der Waals surface area contributed by atoms with Gasteiger partial charge in [0.2, 0.25) is 0 Å². The SMILES string of the molecule is C=CCc1ccc(OC=CC)cc1. The normalized spacial score (nSPS) is 10.2. The fourth-order valence-corrected chi connectivity index (χ4v) is 1.02. The van der Waals surface area contributed by atoms with Crippen molar-refractivity contribution in [3.05, 3.63) is 54.8 Å². The lowest BCUT2D eigenvalue weighted by molar-refractivity contribution is 0.480. The van der Waals surface area contributed by atoms with Gasteiger partial charge in [-0.25, -0.2) is 0 Å². The summed E-state index contributed by atoms with van der Waals surface area (Å²) in [5.74, 6) is 0.867. The fourth-order valence-electron chi connectivity index (χ4n) is 1.02. The lowest BCUT2D eigenvalue weighted by atomic mass is 10.1. The maximum atomic E-state index is 5.28. The van der Waals surface area contributed by atoms with Crippen LogP contribution in [0.1, 0.15) is 12.5 Å². The minimum atomic E-state index is 0.867. The molecule has 0 amide bonds. The third kappa shape index (κ3) is 3.16. The number of rotatable bonds is 4. The van der Waals surface area contributed by atoms with E-state index in [1.807, 2.05) is 43.3 Å².